The van der Waals surface area contributed by atoms with E-state index in [0.717, 1.165) is 32.4 Å². The minimum absolute atomic E-state index is 0.227. The summed E-state index contributed by atoms with van der Waals surface area (Å²) in [7, 11) is 4.28. The summed E-state index contributed by atoms with van der Waals surface area (Å²) in [6, 6.07) is 0. The Bertz CT molecular complexity index is 659. The average molecular weight is 632 g/mol. The van der Waals surface area contributed by atoms with Crippen molar-refractivity contribution in [1.82, 2.24) is 4.90 Å². The summed E-state index contributed by atoms with van der Waals surface area (Å²) < 4.78 is 13.1. The lowest BCUT2D eigenvalue weighted by Gasteiger charge is -2.29. The molecule has 0 saturated carbocycles. The lowest BCUT2D eigenvalue weighted by atomic mass is 9.98. The molecular weight excluding hydrogens is 550 g/mol. The van der Waals surface area contributed by atoms with Gasteiger partial charge in [-0.05, 0) is 59.0 Å². The van der Waals surface area contributed by atoms with Crippen LogP contribution in [0.3, 0.4) is 0 Å². The Morgan fingerprint density at radius 3 is 1.33 bits per heavy atom. The van der Waals surface area contributed by atoms with Crippen LogP contribution in [0.2, 0.25) is 0 Å². The molecule has 45 heavy (non-hydrogen) atoms. The zero-order valence-electron chi connectivity index (χ0n) is 31.3. The Morgan fingerprint density at radius 1 is 0.511 bits per heavy atom. The molecule has 1 rings (SSSR count). The number of unbranched alkanes of at least 4 members (excludes halogenated alkanes) is 24. The highest BCUT2D eigenvalue weighted by Gasteiger charge is 2.40. The summed E-state index contributed by atoms with van der Waals surface area (Å²) in [4.78, 5) is 2.24. The number of nitrogens with zero attached hydrogens (tertiary/aromatic N) is 1. The Labute approximate surface area is 283 Å². The van der Waals surface area contributed by atoms with Crippen LogP contribution in [0, 0.1) is 0 Å². The number of ether oxygens (including phenoxy) is 2. The van der Waals surface area contributed by atoms with E-state index in [1.807, 2.05) is 0 Å². The van der Waals surface area contributed by atoms with Crippen LogP contribution in [0.4, 0.5) is 0 Å². The second-order valence-corrected chi connectivity index (χ2v) is 14.6. The molecule has 0 radical (unpaired) electrons. The summed E-state index contributed by atoms with van der Waals surface area (Å²) in [6.45, 7) is 6.30. The van der Waals surface area contributed by atoms with Gasteiger partial charge < -0.3 is 14.4 Å². The number of allylic oxidation sites excluding steroid dienone is 4. The number of hydrogen-bond acceptors (Lipinski definition) is 3. The minimum Gasteiger partial charge on any atom is -0.347 e. The number of likely N-dealkylation sites (N-methyl/N-ethyl adjacent to an activating group) is 1. The van der Waals surface area contributed by atoms with E-state index in [4.69, 9.17) is 9.47 Å². The molecule has 3 nitrogen and oxygen atoms in total. The number of rotatable bonds is 34. The first-order valence-corrected chi connectivity index (χ1v) is 20.4. The van der Waals surface area contributed by atoms with E-state index in [9.17, 15) is 0 Å². The van der Waals surface area contributed by atoms with Gasteiger partial charge in [-0.25, -0.2) is 0 Å². The molecule has 0 bridgehead atoms. The Hall–Kier alpha value is -0.640. The van der Waals surface area contributed by atoms with Crippen molar-refractivity contribution in [1.29, 1.82) is 0 Å². The second-order valence-electron chi connectivity index (χ2n) is 14.6. The van der Waals surface area contributed by atoms with Crippen molar-refractivity contribution in [2.75, 3.05) is 27.2 Å². The molecule has 1 aliphatic rings. The molecule has 0 unspecified atom stereocenters. The van der Waals surface area contributed by atoms with Crippen LogP contribution in [-0.4, -0.2) is 44.0 Å². The van der Waals surface area contributed by atoms with Gasteiger partial charge in [0.25, 0.3) is 0 Å². The Kier molecular flexibility index (Phi) is 30.1. The summed E-state index contributed by atoms with van der Waals surface area (Å²) in [5, 5.41) is 0. The first-order chi connectivity index (χ1) is 22.1. The maximum absolute atomic E-state index is 6.63. The molecule has 0 aliphatic carbocycles. The lowest BCUT2D eigenvalue weighted by Crippen LogP contribution is -2.33. The molecule has 2 atom stereocenters. The first kappa shape index (κ1) is 42.4. The van der Waals surface area contributed by atoms with E-state index in [-0.39, 0.29) is 11.9 Å². The van der Waals surface area contributed by atoms with Gasteiger partial charge in [-0.15, -0.1) is 0 Å². The molecular formula is C42H81NO2. The quantitative estimate of drug-likeness (QED) is 0.0521. The molecule has 0 aromatic rings. The molecule has 0 amide bonds. The third-order valence-electron chi connectivity index (χ3n) is 9.65. The molecule has 1 saturated heterocycles. The third kappa shape index (κ3) is 27.1. The summed E-state index contributed by atoms with van der Waals surface area (Å²) in [5.41, 5.74) is 0. The highest BCUT2D eigenvalue weighted by molar-refractivity contribution is 4.92. The van der Waals surface area contributed by atoms with E-state index in [2.05, 4.69) is 57.1 Å². The van der Waals surface area contributed by atoms with Crippen LogP contribution >= 0.6 is 0 Å². The summed E-state index contributed by atoms with van der Waals surface area (Å²) in [5.74, 6) is -0.314. The van der Waals surface area contributed by atoms with Gasteiger partial charge in [0.2, 0.25) is 0 Å². The second kappa shape index (κ2) is 31.9. The smallest absolute Gasteiger partial charge is 0.168 e. The zero-order valence-corrected chi connectivity index (χ0v) is 31.3. The predicted octanol–water partition coefficient (Wildman–Crippen LogP) is 13.5. The van der Waals surface area contributed by atoms with Crippen molar-refractivity contribution in [3.8, 4) is 0 Å². The molecule has 1 heterocycles. The van der Waals surface area contributed by atoms with Crippen molar-refractivity contribution in [2.24, 2.45) is 0 Å². The minimum atomic E-state index is -0.314. The van der Waals surface area contributed by atoms with Gasteiger partial charge in [0.05, 0.1) is 12.7 Å². The Morgan fingerprint density at radius 2 is 0.889 bits per heavy atom. The molecule has 1 fully saturated rings. The maximum atomic E-state index is 6.63. The Balaban J connectivity index is 2.08. The summed E-state index contributed by atoms with van der Waals surface area (Å²) in [6.07, 6.45) is 50.0. The first-order valence-electron chi connectivity index (χ1n) is 20.4. The highest BCUT2D eigenvalue weighted by atomic mass is 16.7. The van der Waals surface area contributed by atoms with Gasteiger partial charge in [-0.3, -0.25) is 0 Å². The largest absolute Gasteiger partial charge is 0.347 e. The van der Waals surface area contributed by atoms with Crippen LogP contribution in [0.1, 0.15) is 206 Å². The molecule has 266 valence electrons. The van der Waals surface area contributed by atoms with E-state index < -0.39 is 0 Å². The van der Waals surface area contributed by atoms with Gasteiger partial charge in [0.1, 0.15) is 0 Å². The van der Waals surface area contributed by atoms with E-state index >= 15 is 0 Å². The summed E-state index contributed by atoms with van der Waals surface area (Å²) >= 11 is 0. The van der Waals surface area contributed by atoms with Gasteiger partial charge in [0, 0.05) is 19.4 Å². The topological polar surface area (TPSA) is 21.7 Å². The van der Waals surface area contributed by atoms with Crippen LogP contribution in [0.25, 0.3) is 0 Å². The highest BCUT2D eigenvalue weighted by Crippen LogP contribution is 2.35. The average Bonchev–Trinajstić information content (AvgIpc) is 3.42. The number of hydrogen-bond donors (Lipinski definition) is 0. The van der Waals surface area contributed by atoms with Crippen LogP contribution in [-0.2, 0) is 9.47 Å². The van der Waals surface area contributed by atoms with Gasteiger partial charge in [-0.1, -0.05) is 173 Å². The van der Waals surface area contributed by atoms with Gasteiger partial charge >= 0.3 is 0 Å². The fourth-order valence-electron chi connectivity index (χ4n) is 6.83. The zero-order chi connectivity index (χ0) is 32.5. The molecule has 0 N–H and O–H groups in total. The molecule has 3 heteroatoms. The fourth-order valence-corrected chi connectivity index (χ4v) is 6.83. The normalized spacial score (nSPS) is 18.8. The van der Waals surface area contributed by atoms with E-state index in [1.54, 1.807) is 0 Å². The van der Waals surface area contributed by atoms with Gasteiger partial charge in [-0.2, -0.15) is 0 Å². The van der Waals surface area contributed by atoms with Gasteiger partial charge in [0.15, 0.2) is 5.79 Å². The van der Waals surface area contributed by atoms with Crippen LogP contribution in [0.15, 0.2) is 24.3 Å². The predicted molar refractivity (Wildman–Crippen MR) is 200 cm³/mol. The molecule has 0 aromatic heterocycles. The van der Waals surface area contributed by atoms with Crippen molar-refractivity contribution in [3.63, 3.8) is 0 Å². The van der Waals surface area contributed by atoms with E-state index in [1.165, 1.54) is 173 Å². The van der Waals surface area contributed by atoms with Crippen molar-refractivity contribution >= 4 is 0 Å². The standard InChI is InChI=1S/C42H81NO2/c1-5-7-9-11-13-15-17-19-21-23-25-27-29-31-33-35-37-42(44-40-41(45-42)39-43(3)4)38-36-34-32-30-28-26-24-22-20-18-16-14-12-10-8-6-2/h13,15,19,21,41H,5-12,14,16-18,20,22-40H2,1-4H3/b15-13-,21-19-/t41-,42+/m0/s1. The van der Waals surface area contributed by atoms with Crippen molar-refractivity contribution < 1.29 is 9.47 Å². The van der Waals surface area contributed by atoms with Crippen LogP contribution in [0.5, 0.6) is 0 Å². The molecule has 0 spiro atoms. The molecule has 0 aromatic carbocycles. The monoisotopic (exact) mass is 632 g/mol. The van der Waals surface area contributed by atoms with Crippen molar-refractivity contribution in [3.05, 3.63) is 24.3 Å². The SMILES string of the molecule is CCCCC/C=C\C/C=C\CCCCCCCC[C@@]1(CCCCCCCCCCCCCCCCCC)OC[C@H](CN(C)C)O1. The van der Waals surface area contributed by atoms with Crippen LogP contribution < -0.4 is 0 Å². The molecule has 1 aliphatic heterocycles. The third-order valence-corrected chi connectivity index (χ3v) is 9.65. The lowest BCUT2D eigenvalue weighted by molar-refractivity contribution is -0.180. The van der Waals surface area contributed by atoms with Crippen molar-refractivity contribution in [2.45, 2.75) is 218 Å². The maximum Gasteiger partial charge on any atom is 0.168 e. The fraction of sp³-hybridized carbons (Fsp3) is 0.905. The van der Waals surface area contributed by atoms with E-state index in [0.29, 0.717) is 0 Å².